The predicted octanol–water partition coefficient (Wildman–Crippen LogP) is 1.41. The van der Waals surface area contributed by atoms with Crippen molar-refractivity contribution in [2.45, 2.75) is 19.5 Å². The fourth-order valence-electron chi connectivity index (χ4n) is 3.01. The molecule has 2 aromatic rings. The van der Waals surface area contributed by atoms with Gasteiger partial charge >= 0.3 is 0 Å². The van der Waals surface area contributed by atoms with Crippen LogP contribution in [0.4, 0.5) is 5.95 Å². The van der Waals surface area contributed by atoms with Crippen molar-refractivity contribution in [3.63, 3.8) is 0 Å². The SMILES string of the molecule is CN(C)C(=O)COCC[C@H]1CN(c2ncccn2)Cc2cccn2C1. The molecular weight excluding hydrogens is 318 g/mol. The van der Waals surface area contributed by atoms with Crippen LogP contribution in [0.3, 0.4) is 0 Å². The number of carbonyl (C=O) groups excluding carboxylic acids is 1. The second kappa shape index (κ2) is 8.11. The first-order chi connectivity index (χ1) is 12.1. The van der Waals surface area contributed by atoms with Crippen molar-refractivity contribution in [1.29, 1.82) is 0 Å². The summed E-state index contributed by atoms with van der Waals surface area (Å²) in [6, 6.07) is 6.05. The van der Waals surface area contributed by atoms with E-state index in [9.17, 15) is 4.79 Å². The molecule has 0 N–H and O–H groups in total. The molecule has 0 saturated heterocycles. The van der Waals surface area contributed by atoms with E-state index < -0.39 is 0 Å². The largest absolute Gasteiger partial charge is 0.372 e. The van der Waals surface area contributed by atoms with Gasteiger partial charge in [0.2, 0.25) is 11.9 Å². The van der Waals surface area contributed by atoms with Gasteiger partial charge in [0.05, 0.1) is 6.54 Å². The van der Waals surface area contributed by atoms with Gasteiger partial charge in [-0.05, 0) is 30.5 Å². The number of nitrogens with zero attached hydrogens (tertiary/aromatic N) is 5. The van der Waals surface area contributed by atoms with Crippen LogP contribution in [0.2, 0.25) is 0 Å². The van der Waals surface area contributed by atoms with Gasteiger partial charge in [0.1, 0.15) is 6.61 Å². The molecule has 2 aromatic heterocycles. The molecule has 25 heavy (non-hydrogen) atoms. The second-order valence-electron chi connectivity index (χ2n) is 6.58. The zero-order chi connectivity index (χ0) is 17.6. The summed E-state index contributed by atoms with van der Waals surface area (Å²) in [6.07, 6.45) is 6.56. The van der Waals surface area contributed by atoms with Crippen molar-refractivity contribution in [2.75, 3.05) is 38.8 Å². The van der Waals surface area contributed by atoms with Gasteiger partial charge in [-0.25, -0.2) is 9.97 Å². The summed E-state index contributed by atoms with van der Waals surface area (Å²) >= 11 is 0. The molecule has 0 fully saturated rings. The Labute approximate surface area is 148 Å². The first-order valence-electron chi connectivity index (χ1n) is 8.57. The van der Waals surface area contributed by atoms with E-state index >= 15 is 0 Å². The number of anilines is 1. The van der Waals surface area contributed by atoms with E-state index in [-0.39, 0.29) is 12.5 Å². The van der Waals surface area contributed by atoms with Gasteiger partial charge in [0.15, 0.2) is 0 Å². The smallest absolute Gasteiger partial charge is 0.248 e. The highest BCUT2D eigenvalue weighted by Gasteiger charge is 2.23. The van der Waals surface area contributed by atoms with Crippen LogP contribution in [0.5, 0.6) is 0 Å². The minimum Gasteiger partial charge on any atom is -0.372 e. The third kappa shape index (κ3) is 4.57. The molecule has 1 aliphatic heterocycles. The van der Waals surface area contributed by atoms with E-state index in [2.05, 4.69) is 37.8 Å². The highest BCUT2D eigenvalue weighted by atomic mass is 16.5. The van der Waals surface area contributed by atoms with Crippen LogP contribution in [0.15, 0.2) is 36.8 Å². The van der Waals surface area contributed by atoms with E-state index in [1.165, 1.54) is 5.69 Å². The quantitative estimate of drug-likeness (QED) is 0.742. The Balaban J connectivity index is 1.62. The van der Waals surface area contributed by atoms with Crippen molar-refractivity contribution in [3.8, 4) is 0 Å². The number of aromatic nitrogens is 3. The Morgan fingerprint density at radius 3 is 2.84 bits per heavy atom. The van der Waals surface area contributed by atoms with Crippen molar-refractivity contribution in [2.24, 2.45) is 5.92 Å². The summed E-state index contributed by atoms with van der Waals surface area (Å²) in [5, 5.41) is 0. The molecule has 3 rings (SSSR count). The van der Waals surface area contributed by atoms with Crippen molar-refractivity contribution in [3.05, 3.63) is 42.5 Å². The van der Waals surface area contributed by atoms with Crippen LogP contribution in [-0.4, -0.2) is 59.2 Å². The maximum absolute atomic E-state index is 11.6. The van der Waals surface area contributed by atoms with Crippen LogP contribution in [0.1, 0.15) is 12.1 Å². The van der Waals surface area contributed by atoms with Crippen LogP contribution in [0.25, 0.3) is 0 Å². The number of hydrogen-bond donors (Lipinski definition) is 0. The zero-order valence-electron chi connectivity index (χ0n) is 14.8. The third-order valence-electron chi connectivity index (χ3n) is 4.44. The molecule has 0 spiro atoms. The van der Waals surface area contributed by atoms with E-state index in [1.54, 1.807) is 31.4 Å². The van der Waals surface area contributed by atoms with E-state index in [0.717, 1.165) is 32.0 Å². The third-order valence-corrected chi connectivity index (χ3v) is 4.44. The summed E-state index contributed by atoms with van der Waals surface area (Å²) in [4.78, 5) is 24.1. The van der Waals surface area contributed by atoms with Crippen molar-refractivity contribution < 1.29 is 9.53 Å². The normalized spacial score (nSPS) is 17.0. The van der Waals surface area contributed by atoms with Crippen molar-refractivity contribution in [1.82, 2.24) is 19.4 Å². The fourth-order valence-corrected chi connectivity index (χ4v) is 3.01. The molecule has 1 aliphatic rings. The summed E-state index contributed by atoms with van der Waals surface area (Å²) < 4.78 is 7.85. The standard InChI is InChI=1S/C18H25N5O2/c1-21(2)17(24)14-25-10-6-15-11-22-9-3-5-16(22)13-23(12-15)18-19-7-4-8-20-18/h3-5,7-9,15H,6,10-14H2,1-2H3/t15-/m1/s1. The predicted molar refractivity (Wildman–Crippen MR) is 95.1 cm³/mol. The van der Waals surface area contributed by atoms with Gasteiger partial charge in [-0.1, -0.05) is 0 Å². The lowest BCUT2D eigenvalue weighted by atomic mass is 10.1. The molecule has 0 aliphatic carbocycles. The topological polar surface area (TPSA) is 63.5 Å². The van der Waals surface area contributed by atoms with E-state index in [0.29, 0.717) is 12.5 Å². The summed E-state index contributed by atoms with van der Waals surface area (Å²) in [7, 11) is 3.48. The fraction of sp³-hybridized carbons (Fsp3) is 0.500. The van der Waals surface area contributed by atoms with Crippen LogP contribution in [-0.2, 0) is 22.6 Å². The number of likely N-dealkylation sites (N-methyl/N-ethyl adjacent to an activating group) is 1. The molecule has 0 bridgehead atoms. The maximum atomic E-state index is 11.6. The molecule has 1 atom stereocenters. The molecule has 3 heterocycles. The number of rotatable bonds is 6. The first-order valence-corrected chi connectivity index (χ1v) is 8.57. The summed E-state index contributed by atoms with van der Waals surface area (Å²) in [5.74, 6) is 1.16. The van der Waals surface area contributed by atoms with Gasteiger partial charge in [0.25, 0.3) is 0 Å². The molecule has 7 nitrogen and oxygen atoms in total. The Hall–Kier alpha value is -2.41. The minimum atomic E-state index is -0.00660. The van der Waals surface area contributed by atoms with Gasteiger partial charge < -0.3 is 19.1 Å². The number of ether oxygens (including phenoxy) is 1. The highest BCUT2D eigenvalue weighted by Crippen LogP contribution is 2.22. The summed E-state index contributed by atoms with van der Waals surface area (Å²) in [5.41, 5.74) is 1.26. The lowest BCUT2D eigenvalue weighted by molar-refractivity contribution is -0.133. The van der Waals surface area contributed by atoms with Gasteiger partial charge in [0, 0.05) is 58.1 Å². The summed E-state index contributed by atoms with van der Waals surface area (Å²) in [6.45, 7) is 3.32. The zero-order valence-corrected chi connectivity index (χ0v) is 14.8. The van der Waals surface area contributed by atoms with Crippen LogP contribution in [0, 0.1) is 5.92 Å². The number of carbonyl (C=O) groups is 1. The Bertz CT molecular complexity index is 686. The van der Waals surface area contributed by atoms with Gasteiger partial charge in [-0.3, -0.25) is 4.79 Å². The first kappa shape index (κ1) is 17.4. The molecule has 0 radical (unpaired) electrons. The lowest BCUT2D eigenvalue weighted by Gasteiger charge is -2.24. The van der Waals surface area contributed by atoms with Crippen LogP contribution < -0.4 is 4.90 Å². The van der Waals surface area contributed by atoms with Crippen molar-refractivity contribution >= 4 is 11.9 Å². The molecular formula is C18H25N5O2. The molecule has 0 unspecified atom stereocenters. The van der Waals surface area contributed by atoms with Gasteiger partial charge in [-0.15, -0.1) is 0 Å². The minimum absolute atomic E-state index is 0.00660. The lowest BCUT2D eigenvalue weighted by Crippen LogP contribution is -2.30. The number of amides is 1. The molecule has 0 aromatic carbocycles. The van der Waals surface area contributed by atoms with E-state index in [1.807, 2.05) is 6.07 Å². The maximum Gasteiger partial charge on any atom is 0.248 e. The Morgan fingerprint density at radius 1 is 1.28 bits per heavy atom. The molecule has 7 heteroatoms. The number of fused-ring (bicyclic) bond motifs is 1. The average Bonchev–Trinajstić information content (AvgIpc) is 2.97. The Kier molecular flexibility index (Phi) is 5.65. The molecule has 0 saturated carbocycles. The second-order valence-corrected chi connectivity index (χ2v) is 6.58. The molecule has 134 valence electrons. The van der Waals surface area contributed by atoms with Crippen LogP contribution >= 0.6 is 0 Å². The van der Waals surface area contributed by atoms with Gasteiger partial charge in [-0.2, -0.15) is 0 Å². The Morgan fingerprint density at radius 2 is 2.08 bits per heavy atom. The highest BCUT2D eigenvalue weighted by molar-refractivity contribution is 5.76. The molecule has 1 amide bonds. The van der Waals surface area contributed by atoms with E-state index in [4.69, 9.17) is 4.74 Å². The average molecular weight is 343 g/mol. The number of hydrogen-bond acceptors (Lipinski definition) is 5. The monoisotopic (exact) mass is 343 g/mol.